The van der Waals surface area contributed by atoms with Crippen LogP contribution < -0.4 is 0 Å². The van der Waals surface area contributed by atoms with Crippen molar-refractivity contribution in [2.45, 2.75) is 110 Å². The first kappa shape index (κ1) is 24.9. The molecule has 0 spiro atoms. The molecule has 0 fully saturated rings. The van der Waals surface area contributed by atoms with Crippen molar-refractivity contribution in [2.24, 2.45) is 0 Å². The minimum atomic E-state index is -0.858. The molecule has 0 aliphatic heterocycles. The summed E-state index contributed by atoms with van der Waals surface area (Å²) in [5.41, 5.74) is 5.02. The molecular formula is C28H44NSi. The van der Waals surface area contributed by atoms with Crippen molar-refractivity contribution >= 4 is 8.07 Å². The molecule has 2 heteroatoms. The molecule has 1 nitrogen and oxygen atoms in total. The summed E-state index contributed by atoms with van der Waals surface area (Å²) in [6.45, 7) is 9.70. The van der Waals surface area contributed by atoms with Crippen LogP contribution in [-0.4, -0.2) is 13.1 Å². The maximum Gasteiger partial charge on any atom is 0.0702 e. The second-order valence-electron chi connectivity index (χ2n) is 10.1. The van der Waals surface area contributed by atoms with Gasteiger partial charge in [-0.25, -0.2) is 0 Å². The van der Waals surface area contributed by atoms with Crippen molar-refractivity contribution in [3.8, 4) is 11.3 Å². The number of aryl methyl sites for hydroxylation is 2. The van der Waals surface area contributed by atoms with Gasteiger partial charge >= 0.3 is 0 Å². The number of nitrogens with zero attached hydrogens (tertiary/aromatic N) is 1. The lowest BCUT2D eigenvalue weighted by atomic mass is 10.0. The Bertz CT molecular complexity index is 699. The summed E-state index contributed by atoms with van der Waals surface area (Å²) in [5, 5.41) is 0. The zero-order valence-corrected chi connectivity index (χ0v) is 21.1. The Balaban J connectivity index is 1.74. The van der Waals surface area contributed by atoms with Gasteiger partial charge in [-0.2, -0.15) is 0 Å². The zero-order chi connectivity index (χ0) is 21.7. The Kier molecular flexibility index (Phi) is 11.4. The van der Waals surface area contributed by atoms with Gasteiger partial charge in [-0.3, -0.25) is 4.98 Å². The van der Waals surface area contributed by atoms with E-state index >= 15 is 0 Å². The largest absolute Gasteiger partial charge is 0.256 e. The van der Waals surface area contributed by atoms with Crippen LogP contribution in [0.1, 0.15) is 82.3 Å². The van der Waals surface area contributed by atoms with Gasteiger partial charge in [-0.15, -0.1) is 0 Å². The standard InChI is InChI=1S/C28H44NSi/c1-5-6-7-8-9-13-17-26-20-21-28(29-24-26)27-19-15-18-25(23-27)16-12-10-11-14-22-30(2,3)4/h15,19-21,23-24H,5-14,16-17,22H2,1-4H3. The SMILES string of the molecule is CCCCCCCCc1ccc(-c2cc[c]c(CCCCCC[Si](C)(C)C)c2)nc1. The molecule has 0 bridgehead atoms. The summed E-state index contributed by atoms with van der Waals surface area (Å²) in [6.07, 6.45) is 17.9. The molecule has 0 N–H and O–H groups in total. The van der Waals surface area contributed by atoms with Crippen molar-refractivity contribution < 1.29 is 0 Å². The highest BCUT2D eigenvalue weighted by Gasteiger charge is 2.11. The monoisotopic (exact) mass is 422 g/mol. The van der Waals surface area contributed by atoms with E-state index in [-0.39, 0.29) is 0 Å². The third-order valence-corrected chi connectivity index (χ3v) is 7.78. The molecule has 0 amide bonds. The fourth-order valence-electron chi connectivity index (χ4n) is 4.00. The van der Waals surface area contributed by atoms with Crippen LogP contribution in [0.25, 0.3) is 11.3 Å². The number of rotatable bonds is 15. The molecular weight excluding hydrogens is 378 g/mol. The molecule has 0 aliphatic carbocycles. The lowest BCUT2D eigenvalue weighted by Gasteiger charge is -2.14. The summed E-state index contributed by atoms with van der Waals surface area (Å²) in [5.74, 6) is 0. The van der Waals surface area contributed by atoms with E-state index in [9.17, 15) is 0 Å². The highest BCUT2D eigenvalue weighted by atomic mass is 28.3. The van der Waals surface area contributed by atoms with Gasteiger partial charge in [-0.1, -0.05) is 102 Å². The summed E-state index contributed by atoms with van der Waals surface area (Å²) in [6, 6.07) is 15.9. The van der Waals surface area contributed by atoms with Crippen LogP contribution in [0.3, 0.4) is 0 Å². The number of hydrogen-bond donors (Lipinski definition) is 0. The van der Waals surface area contributed by atoms with Gasteiger partial charge in [0.2, 0.25) is 0 Å². The molecule has 0 aliphatic rings. The lowest BCUT2D eigenvalue weighted by Crippen LogP contribution is -2.18. The molecule has 165 valence electrons. The molecule has 0 atom stereocenters. The third kappa shape index (κ3) is 10.6. The van der Waals surface area contributed by atoms with E-state index in [0.717, 1.165) is 18.5 Å². The van der Waals surface area contributed by atoms with Crippen molar-refractivity contribution in [1.29, 1.82) is 0 Å². The van der Waals surface area contributed by atoms with E-state index in [2.05, 4.69) is 69.2 Å². The van der Waals surface area contributed by atoms with Crippen LogP contribution in [0.4, 0.5) is 0 Å². The molecule has 2 rings (SSSR count). The Morgan fingerprint density at radius 1 is 0.800 bits per heavy atom. The van der Waals surface area contributed by atoms with Gasteiger partial charge in [0.05, 0.1) is 5.69 Å². The number of benzene rings is 1. The predicted molar refractivity (Wildman–Crippen MR) is 136 cm³/mol. The number of pyridine rings is 1. The minimum absolute atomic E-state index is 0.858. The Labute approximate surface area is 187 Å². The van der Waals surface area contributed by atoms with Crippen LogP contribution in [0.15, 0.2) is 36.5 Å². The quantitative estimate of drug-likeness (QED) is 0.206. The van der Waals surface area contributed by atoms with Gasteiger partial charge in [0.15, 0.2) is 0 Å². The average molecular weight is 423 g/mol. The van der Waals surface area contributed by atoms with E-state index in [1.54, 1.807) is 0 Å². The highest BCUT2D eigenvalue weighted by molar-refractivity contribution is 6.76. The molecule has 1 heterocycles. The van der Waals surface area contributed by atoms with Crippen LogP contribution in [0.5, 0.6) is 0 Å². The van der Waals surface area contributed by atoms with Gasteiger partial charge in [-0.05, 0) is 55.0 Å². The van der Waals surface area contributed by atoms with E-state index in [1.807, 2.05) is 0 Å². The number of unbranched alkanes of at least 4 members (excludes halogenated alkanes) is 8. The summed E-state index contributed by atoms with van der Waals surface area (Å²) >= 11 is 0. The Hall–Kier alpha value is -1.41. The molecule has 2 aromatic rings. The van der Waals surface area contributed by atoms with Crippen LogP contribution in [-0.2, 0) is 12.8 Å². The topological polar surface area (TPSA) is 12.9 Å². The van der Waals surface area contributed by atoms with Gasteiger partial charge in [0, 0.05) is 19.8 Å². The molecule has 0 unspecified atom stereocenters. The van der Waals surface area contributed by atoms with Gasteiger partial charge in [0.25, 0.3) is 0 Å². The van der Waals surface area contributed by atoms with Gasteiger partial charge in [0.1, 0.15) is 0 Å². The van der Waals surface area contributed by atoms with E-state index in [4.69, 9.17) is 4.98 Å². The van der Waals surface area contributed by atoms with E-state index in [0.29, 0.717) is 0 Å². The second kappa shape index (κ2) is 13.8. The third-order valence-electron chi connectivity index (χ3n) is 5.92. The zero-order valence-electron chi connectivity index (χ0n) is 20.1. The molecule has 1 aromatic heterocycles. The summed E-state index contributed by atoms with van der Waals surface area (Å²) < 4.78 is 0. The fraction of sp³-hybridized carbons (Fsp3) is 0.607. The predicted octanol–water partition coefficient (Wildman–Crippen LogP) is 8.89. The van der Waals surface area contributed by atoms with Gasteiger partial charge < -0.3 is 0 Å². The fourth-order valence-corrected chi connectivity index (χ4v) is 5.31. The van der Waals surface area contributed by atoms with Crippen molar-refractivity contribution in [3.05, 3.63) is 53.7 Å². The summed E-state index contributed by atoms with van der Waals surface area (Å²) in [4.78, 5) is 4.75. The first-order valence-electron chi connectivity index (χ1n) is 12.4. The molecule has 0 saturated carbocycles. The Morgan fingerprint density at radius 2 is 1.50 bits per heavy atom. The molecule has 1 aromatic carbocycles. The Morgan fingerprint density at radius 3 is 2.20 bits per heavy atom. The smallest absolute Gasteiger partial charge is 0.0702 e. The van der Waals surface area contributed by atoms with Crippen LogP contribution in [0, 0.1) is 6.07 Å². The number of hydrogen-bond acceptors (Lipinski definition) is 1. The van der Waals surface area contributed by atoms with Crippen LogP contribution >= 0.6 is 0 Å². The number of aromatic nitrogens is 1. The maximum absolute atomic E-state index is 4.75. The van der Waals surface area contributed by atoms with E-state index in [1.165, 1.54) is 86.9 Å². The van der Waals surface area contributed by atoms with Crippen molar-refractivity contribution in [1.82, 2.24) is 4.98 Å². The van der Waals surface area contributed by atoms with Crippen molar-refractivity contribution in [2.75, 3.05) is 0 Å². The second-order valence-corrected chi connectivity index (χ2v) is 15.8. The van der Waals surface area contributed by atoms with Crippen LogP contribution in [0.2, 0.25) is 25.7 Å². The first-order valence-corrected chi connectivity index (χ1v) is 16.1. The minimum Gasteiger partial charge on any atom is -0.256 e. The van der Waals surface area contributed by atoms with Crippen molar-refractivity contribution in [3.63, 3.8) is 0 Å². The molecule has 30 heavy (non-hydrogen) atoms. The maximum atomic E-state index is 4.75. The average Bonchev–Trinajstić information content (AvgIpc) is 2.73. The normalized spacial score (nSPS) is 11.7. The van der Waals surface area contributed by atoms with E-state index < -0.39 is 8.07 Å². The highest BCUT2D eigenvalue weighted by Crippen LogP contribution is 2.21. The molecule has 1 radical (unpaired) electrons. The summed E-state index contributed by atoms with van der Waals surface area (Å²) in [7, 11) is -0.858. The molecule has 0 saturated heterocycles. The first-order chi connectivity index (χ1) is 14.5. The lowest BCUT2D eigenvalue weighted by molar-refractivity contribution is 0.607.